The fraction of sp³-hybridized carbons (Fsp3) is 0.182. The van der Waals surface area contributed by atoms with Crippen LogP contribution in [0, 0.1) is 6.92 Å². The monoisotopic (exact) mass is 282 g/mol. The minimum atomic E-state index is -0.287. The number of halogens is 1. The third-order valence-electron chi connectivity index (χ3n) is 2.22. The van der Waals surface area contributed by atoms with Gasteiger partial charge < -0.3 is 11.1 Å². The van der Waals surface area contributed by atoms with E-state index in [1.54, 1.807) is 6.20 Å². The number of rotatable bonds is 3. The molecule has 0 aromatic carbocycles. The second-order valence-electron chi connectivity index (χ2n) is 3.64. The van der Waals surface area contributed by atoms with Gasteiger partial charge in [0.15, 0.2) is 0 Å². The van der Waals surface area contributed by atoms with Gasteiger partial charge in [0.1, 0.15) is 10.2 Å². The van der Waals surface area contributed by atoms with Crippen LogP contribution in [0.4, 0.5) is 5.69 Å². The molecule has 0 aliphatic rings. The predicted molar refractivity (Wildman–Crippen MR) is 71.7 cm³/mol. The predicted octanol–water partition coefficient (Wildman–Crippen LogP) is 2.01. The molecule has 2 aromatic rings. The lowest BCUT2D eigenvalue weighted by molar-refractivity contribution is 0.0951. The van der Waals surface area contributed by atoms with Gasteiger partial charge in [-0.05, 0) is 13.0 Å². The number of nitrogens with zero attached hydrogens (tertiary/aromatic N) is 2. The van der Waals surface area contributed by atoms with E-state index in [0.29, 0.717) is 17.8 Å². The summed E-state index contributed by atoms with van der Waals surface area (Å²) in [5.74, 6) is -0.287. The summed E-state index contributed by atoms with van der Waals surface area (Å²) in [6, 6.07) is 1.44. The minimum absolute atomic E-state index is 0.236. The summed E-state index contributed by atoms with van der Waals surface area (Å²) >= 11 is 7.26. The molecule has 0 fully saturated rings. The maximum absolute atomic E-state index is 11.9. The number of anilines is 1. The van der Waals surface area contributed by atoms with Gasteiger partial charge in [-0.2, -0.15) is 0 Å². The summed E-state index contributed by atoms with van der Waals surface area (Å²) in [5, 5.41) is 3.82. The zero-order valence-electron chi connectivity index (χ0n) is 9.61. The molecule has 0 unspecified atom stereocenters. The van der Waals surface area contributed by atoms with E-state index in [1.807, 2.05) is 6.92 Å². The molecule has 0 saturated carbocycles. The zero-order chi connectivity index (χ0) is 13.1. The van der Waals surface area contributed by atoms with Crippen LogP contribution in [0.3, 0.4) is 0 Å². The van der Waals surface area contributed by atoms with Crippen molar-refractivity contribution in [2.75, 3.05) is 5.73 Å². The highest BCUT2D eigenvalue weighted by molar-refractivity contribution is 7.11. The molecule has 2 rings (SSSR count). The molecule has 2 aromatic heterocycles. The lowest BCUT2D eigenvalue weighted by atomic mass is 10.2. The number of nitrogens with one attached hydrogen (secondary N) is 1. The number of carbonyl (C=O) groups excluding carboxylic acids is 1. The fourth-order valence-corrected chi connectivity index (χ4v) is 2.26. The Morgan fingerprint density at radius 2 is 2.28 bits per heavy atom. The van der Waals surface area contributed by atoms with E-state index in [2.05, 4.69) is 15.3 Å². The molecular formula is C11H11ClN4OS. The van der Waals surface area contributed by atoms with E-state index in [9.17, 15) is 4.79 Å². The summed E-state index contributed by atoms with van der Waals surface area (Å²) in [6.45, 7) is 2.33. The van der Waals surface area contributed by atoms with Crippen molar-refractivity contribution in [3.05, 3.63) is 39.1 Å². The zero-order valence-corrected chi connectivity index (χ0v) is 11.2. The molecule has 0 radical (unpaired) electrons. The Hall–Kier alpha value is -1.66. The van der Waals surface area contributed by atoms with Crippen molar-refractivity contribution in [2.24, 2.45) is 0 Å². The summed E-state index contributed by atoms with van der Waals surface area (Å²) in [6.07, 6.45) is 3.13. The lowest BCUT2D eigenvalue weighted by Gasteiger charge is -2.06. The largest absolute Gasteiger partial charge is 0.397 e. The first-order chi connectivity index (χ1) is 8.56. The first-order valence-electron chi connectivity index (χ1n) is 5.17. The van der Waals surface area contributed by atoms with Gasteiger partial charge in [-0.25, -0.2) is 9.97 Å². The van der Waals surface area contributed by atoms with Crippen molar-refractivity contribution in [1.82, 2.24) is 15.3 Å². The van der Waals surface area contributed by atoms with Crippen LogP contribution in [0.25, 0.3) is 0 Å². The summed E-state index contributed by atoms with van der Waals surface area (Å²) in [7, 11) is 0. The first-order valence-corrected chi connectivity index (χ1v) is 6.36. The molecule has 0 saturated heterocycles. The molecule has 94 valence electrons. The number of hydrogen-bond donors (Lipinski definition) is 2. The smallest absolute Gasteiger partial charge is 0.253 e. The quantitative estimate of drug-likeness (QED) is 0.844. The number of carbonyl (C=O) groups is 1. The number of pyridine rings is 1. The second-order valence-corrected chi connectivity index (χ2v) is 5.35. The van der Waals surface area contributed by atoms with E-state index in [-0.39, 0.29) is 11.1 Å². The minimum Gasteiger partial charge on any atom is -0.397 e. The molecule has 18 heavy (non-hydrogen) atoms. The molecule has 0 atom stereocenters. The highest BCUT2D eigenvalue weighted by atomic mass is 35.5. The molecule has 7 heteroatoms. The molecule has 5 nitrogen and oxygen atoms in total. The number of hydrogen-bond acceptors (Lipinski definition) is 5. The second kappa shape index (κ2) is 5.32. The van der Waals surface area contributed by atoms with Crippen LogP contribution in [-0.2, 0) is 6.54 Å². The van der Waals surface area contributed by atoms with Gasteiger partial charge in [-0.3, -0.25) is 4.79 Å². The van der Waals surface area contributed by atoms with Crippen molar-refractivity contribution in [1.29, 1.82) is 0 Å². The average molecular weight is 283 g/mol. The van der Waals surface area contributed by atoms with Crippen molar-refractivity contribution >= 4 is 34.5 Å². The SMILES string of the molecule is Cc1cnc(CNC(=O)c2cc(Cl)ncc2N)s1. The Balaban J connectivity index is 2.05. The number of aromatic nitrogens is 2. The van der Waals surface area contributed by atoms with Crippen LogP contribution >= 0.6 is 22.9 Å². The normalized spacial score (nSPS) is 10.3. The van der Waals surface area contributed by atoms with E-state index >= 15 is 0 Å². The Morgan fingerprint density at radius 1 is 1.50 bits per heavy atom. The van der Waals surface area contributed by atoms with Gasteiger partial charge in [0, 0.05) is 11.1 Å². The van der Waals surface area contributed by atoms with Gasteiger partial charge in [-0.15, -0.1) is 11.3 Å². The van der Waals surface area contributed by atoms with Crippen LogP contribution in [0.1, 0.15) is 20.2 Å². The topological polar surface area (TPSA) is 80.9 Å². The molecular weight excluding hydrogens is 272 g/mol. The standard InChI is InChI=1S/C11H11ClN4OS/c1-6-3-15-10(18-6)5-16-11(17)7-2-9(12)14-4-8(7)13/h2-4H,5,13H2,1H3,(H,16,17). The number of nitrogen functional groups attached to an aromatic ring is 1. The third kappa shape index (κ3) is 2.96. The van der Waals surface area contributed by atoms with Crippen molar-refractivity contribution < 1.29 is 4.79 Å². The van der Waals surface area contributed by atoms with Crippen LogP contribution in [0.15, 0.2) is 18.5 Å². The van der Waals surface area contributed by atoms with Crippen LogP contribution in [0.2, 0.25) is 5.15 Å². The Bertz CT molecular complexity index is 584. The molecule has 0 bridgehead atoms. The highest BCUT2D eigenvalue weighted by Crippen LogP contribution is 2.15. The molecule has 1 amide bonds. The van der Waals surface area contributed by atoms with E-state index < -0.39 is 0 Å². The van der Waals surface area contributed by atoms with Gasteiger partial charge >= 0.3 is 0 Å². The molecule has 0 spiro atoms. The van der Waals surface area contributed by atoms with Crippen molar-refractivity contribution in [3.8, 4) is 0 Å². The average Bonchev–Trinajstić information content (AvgIpc) is 2.75. The maximum Gasteiger partial charge on any atom is 0.253 e. The van der Waals surface area contributed by atoms with Gasteiger partial charge in [0.05, 0.1) is 24.0 Å². The molecule has 0 aliphatic heterocycles. The lowest BCUT2D eigenvalue weighted by Crippen LogP contribution is -2.23. The van der Waals surface area contributed by atoms with E-state index in [0.717, 1.165) is 9.88 Å². The number of amides is 1. The Morgan fingerprint density at radius 3 is 2.94 bits per heavy atom. The van der Waals surface area contributed by atoms with E-state index in [1.165, 1.54) is 23.6 Å². The van der Waals surface area contributed by atoms with Crippen LogP contribution < -0.4 is 11.1 Å². The number of nitrogens with two attached hydrogens (primary N) is 1. The molecule has 2 heterocycles. The van der Waals surface area contributed by atoms with Gasteiger partial charge in [-0.1, -0.05) is 11.6 Å². The fourth-order valence-electron chi connectivity index (χ4n) is 1.37. The molecule has 3 N–H and O–H groups in total. The number of aryl methyl sites for hydroxylation is 1. The Kier molecular flexibility index (Phi) is 3.78. The van der Waals surface area contributed by atoms with Gasteiger partial charge in [0.2, 0.25) is 0 Å². The van der Waals surface area contributed by atoms with Crippen LogP contribution in [0.5, 0.6) is 0 Å². The maximum atomic E-state index is 11.9. The Labute approximate surface area is 113 Å². The van der Waals surface area contributed by atoms with Crippen molar-refractivity contribution in [2.45, 2.75) is 13.5 Å². The van der Waals surface area contributed by atoms with Crippen LogP contribution in [-0.4, -0.2) is 15.9 Å². The van der Waals surface area contributed by atoms with Crippen molar-refractivity contribution in [3.63, 3.8) is 0 Å². The summed E-state index contributed by atoms with van der Waals surface area (Å²) < 4.78 is 0. The third-order valence-corrected chi connectivity index (χ3v) is 3.33. The van der Waals surface area contributed by atoms with Gasteiger partial charge in [0.25, 0.3) is 5.91 Å². The highest BCUT2D eigenvalue weighted by Gasteiger charge is 2.11. The van der Waals surface area contributed by atoms with E-state index in [4.69, 9.17) is 17.3 Å². The molecule has 0 aliphatic carbocycles. The first kappa shape index (κ1) is 12.8. The summed E-state index contributed by atoms with van der Waals surface area (Å²) in [5.41, 5.74) is 6.29. The summed E-state index contributed by atoms with van der Waals surface area (Å²) in [4.78, 5) is 20.9. The number of thiazole rings is 1.